The molecule has 0 spiro atoms. The molecule has 4 N–H and O–H groups in total. The molecule has 1 aromatic carbocycles. The first kappa shape index (κ1) is 11.7. The average Bonchev–Trinajstić information content (AvgIpc) is 2.30. The SMILES string of the molecule is NC(N)=Nc1ccc(N2CCOCC2F)cc1. The number of nitrogens with two attached hydrogens (primary N) is 2. The number of guanidine groups is 1. The van der Waals surface area contributed by atoms with Crippen molar-refractivity contribution in [3.8, 4) is 0 Å². The van der Waals surface area contributed by atoms with Crippen molar-refractivity contribution >= 4 is 17.3 Å². The first-order chi connectivity index (χ1) is 8.16. The molecule has 0 radical (unpaired) electrons. The molecule has 1 atom stereocenters. The number of benzene rings is 1. The van der Waals surface area contributed by atoms with Crippen LogP contribution in [-0.4, -0.2) is 32.0 Å². The lowest BCUT2D eigenvalue weighted by Crippen LogP contribution is -2.42. The number of hydrogen-bond acceptors (Lipinski definition) is 3. The summed E-state index contributed by atoms with van der Waals surface area (Å²) in [6, 6.07) is 7.08. The zero-order valence-corrected chi connectivity index (χ0v) is 9.34. The first-order valence-electron chi connectivity index (χ1n) is 5.35. The molecule has 6 heteroatoms. The summed E-state index contributed by atoms with van der Waals surface area (Å²) in [4.78, 5) is 5.56. The molecule has 17 heavy (non-hydrogen) atoms. The third kappa shape index (κ3) is 2.85. The number of hydrogen-bond donors (Lipinski definition) is 2. The summed E-state index contributed by atoms with van der Waals surface area (Å²) in [6.45, 7) is 1.19. The fourth-order valence-corrected chi connectivity index (χ4v) is 1.73. The van der Waals surface area contributed by atoms with Gasteiger partial charge < -0.3 is 21.1 Å². The summed E-state index contributed by atoms with van der Waals surface area (Å²) in [7, 11) is 0. The van der Waals surface area contributed by atoms with Crippen LogP contribution in [0.4, 0.5) is 15.8 Å². The van der Waals surface area contributed by atoms with E-state index in [-0.39, 0.29) is 12.6 Å². The highest BCUT2D eigenvalue weighted by Gasteiger charge is 2.22. The van der Waals surface area contributed by atoms with E-state index in [1.165, 1.54) is 0 Å². The second kappa shape index (κ2) is 5.01. The Morgan fingerprint density at radius 3 is 2.65 bits per heavy atom. The zero-order chi connectivity index (χ0) is 12.3. The molecule has 1 fully saturated rings. The lowest BCUT2D eigenvalue weighted by molar-refractivity contribution is 0.0497. The van der Waals surface area contributed by atoms with Gasteiger partial charge in [-0.3, -0.25) is 0 Å². The highest BCUT2D eigenvalue weighted by Crippen LogP contribution is 2.23. The average molecular weight is 238 g/mol. The van der Waals surface area contributed by atoms with Crippen LogP contribution in [0.15, 0.2) is 29.3 Å². The Labute approximate surface area is 98.9 Å². The summed E-state index contributed by atoms with van der Waals surface area (Å²) in [5.41, 5.74) is 12.0. The van der Waals surface area contributed by atoms with E-state index in [0.717, 1.165) is 5.69 Å². The van der Waals surface area contributed by atoms with Crippen LogP contribution < -0.4 is 16.4 Å². The van der Waals surface area contributed by atoms with Crippen molar-refractivity contribution in [1.82, 2.24) is 0 Å². The van der Waals surface area contributed by atoms with Crippen molar-refractivity contribution in [2.24, 2.45) is 16.5 Å². The van der Waals surface area contributed by atoms with Gasteiger partial charge in [0.1, 0.15) is 0 Å². The number of halogens is 1. The summed E-state index contributed by atoms with van der Waals surface area (Å²) in [6.07, 6.45) is -1.10. The Kier molecular flexibility index (Phi) is 3.43. The molecule has 0 bridgehead atoms. The lowest BCUT2D eigenvalue weighted by atomic mass is 10.2. The summed E-state index contributed by atoms with van der Waals surface area (Å²) in [5, 5.41) is 0. The third-order valence-electron chi connectivity index (χ3n) is 2.51. The molecule has 0 aliphatic carbocycles. The van der Waals surface area contributed by atoms with Gasteiger partial charge in [-0.25, -0.2) is 9.38 Å². The van der Waals surface area contributed by atoms with E-state index in [1.54, 1.807) is 29.2 Å². The topological polar surface area (TPSA) is 76.9 Å². The van der Waals surface area contributed by atoms with Crippen LogP contribution in [0.25, 0.3) is 0 Å². The van der Waals surface area contributed by atoms with E-state index in [1.807, 2.05) is 0 Å². The minimum absolute atomic E-state index is 0.00694. The van der Waals surface area contributed by atoms with Crippen LogP contribution >= 0.6 is 0 Å². The van der Waals surface area contributed by atoms with Crippen LogP contribution in [0.5, 0.6) is 0 Å². The number of nitrogens with zero attached hydrogens (tertiary/aromatic N) is 2. The quantitative estimate of drug-likeness (QED) is 0.452. The predicted molar refractivity (Wildman–Crippen MR) is 65.0 cm³/mol. The van der Waals surface area contributed by atoms with Crippen LogP contribution in [0.3, 0.4) is 0 Å². The standard InChI is InChI=1S/C11H15FN4O/c12-10-7-17-6-5-16(10)9-3-1-8(2-4-9)15-11(13)14/h1-4,10H,5-7H2,(H4,13,14,15). The highest BCUT2D eigenvalue weighted by molar-refractivity contribution is 5.79. The number of ether oxygens (including phenoxy) is 1. The van der Waals surface area contributed by atoms with Crippen molar-refractivity contribution in [3.05, 3.63) is 24.3 Å². The van der Waals surface area contributed by atoms with E-state index in [2.05, 4.69) is 4.99 Å². The minimum atomic E-state index is -1.10. The maximum atomic E-state index is 13.6. The Morgan fingerprint density at radius 2 is 2.06 bits per heavy atom. The van der Waals surface area contributed by atoms with Gasteiger partial charge in [0.15, 0.2) is 12.3 Å². The molecule has 2 rings (SSSR count). The van der Waals surface area contributed by atoms with Crippen LogP contribution in [0.1, 0.15) is 0 Å². The van der Waals surface area contributed by atoms with Crippen LogP contribution in [-0.2, 0) is 4.74 Å². The molecule has 5 nitrogen and oxygen atoms in total. The zero-order valence-electron chi connectivity index (χ0n) is 9.34. The Morgan fingerprint density at radius 1 is 1.35 bits per heavy atom. The maximum Gasteiger partial charge on any atom is 0.196 e. The van der Waals surface area contributed by atoms with Crippen molar-refractivity contribution in [1.29, 1.82) is 0 Å². The second-order valence-corrected chi connectivity index (χ2v) is 3.76. The molecule has 1 heterocycles. The molecule has 0 amide bonds. The first-order valence-corrected chi connectivity index (χ1v) is 5.35. The Hall–Kier alpha value is -1.82. The number of rotatable bonds is 2. The van der Waals surface area contributed by atoms with Gasteiger partial charge >= 0.3 is 0 Å². The van der Waals surface area contributed by atoms with Crippen molar-refractivity contribution in [3.63, 3.8) is 0 Å². The smallest absolute Gasteiger partial charge is 0.196 e. The van der Waals surface area contributed by atoms with Gasteiger partial charge in [-0.15, -0.1) is 0 Å². The fraction of sp³-hybridized carbons (Fsp3) is 0.364. The van der Waals surface area contributed by atoms with Gasteiger partial charge in [-0.2, -0.15) is 0 Å². The number of morpholine rings is 1. The van der Waals surface area contributed by atoms with Crippen LogP contribution in [0.2, 0.25) is 0 Å². The van der Waals surface area contributed by atoms with Crippen molar-refractivity contribution in [2.45, 2.75) is 6.30 Å². The molecule has 1 aliphatic rings. The van der Waals surface area contributed by atoms with Gasteiger partial charge in [-0.1, -0.05) is 0 Å². The minimum Gasteiger partial charge on any atom is -0.375 e. The van der Waals surface area contributed by atoms with E-state index >= 15 is 0 Å². The maximum absolute atomic E-state index is 13.6. The summed E-state index contributed by atoms with van der Waals surface area (Å²) in [5.74, 6) is 0.00694. The van der Waals surface area contributed by atoms with Crippen molar-refractivity contribution < 1.29 is 9.13 Å². The largest absolute Gasteiger partial charge is 0.375 e. The number of alkyl halides is 1. The molecule has 1 unspecified atom stereocenters. The number of aliphatic imine (C=N–C) groups is 1. The van der Waals surface area contributed by atoms with Gasteiger partial charge in [0.2, 0.25) is 0 Å². The van der Waals surface area contributed by atoms with E-state index in [0.29, 0.717) is 18.8 Å². The van der Waals surface area contributed by atoms with E-state index in [9.17, 15) is 4.39 Å². The molecule has 1 saturated heterocycles. The molecule has 0 aromatic heterocycles. The molecular formula is C11H15FN4O. The van der Waals surface area contributed by atoms with Gasteiger partial charge in [-0.05, 0) is 24.3 Å². The van der Waals surface area contributed by atoms with Crippen molar-refractivity contribution in [2.75, 3.05) is 24.7 Å². The molecule has 92 valence electrons. The monoisotopic (exact) mass is 238 g/mol. The number of anilines is 1. The van der Waals surface area contributed by atoms with E-state index in [4.69, 9.17) is 16.2 Å². The summed E-state index contributed by atoms with van der Waals surface area (Å²) >= 11 is 0. The fourth-order valence-electron chi connectivity index (χ4n) is 1.73. The highest BCUT2D eigenvalue weighted by atomic mass is 19.1. The Balaban J connectivity index is 2.14. The molecular weight excluding hydrogens is 223 g/mol. The summed E-state index contributed by atoms with van der Waals surface area (Å²) < 4.78 is 18.6. The molecule has 1 aliphatic heterocycles. The Bertz CT molecular complexity index is 402. The van der Waals surface area contributed by atoms with Gasteiger partial charge in [0.05, 0.1) is 18.9 Å². The van der Waals surface area contributed by atoms with Gasteiger partial charge in [0, 0.05) is 12.2 Å². The normalized spacial score (nSPS) is 20.1. The second-order valence-electron chi connectivity index (χ2n) is 3.76. The van der Waals surface area contributed by atoms with Gasteiger partial charge in [0.25, 0.3) is 0 Å². The predicted octanol–water partition coefficient (Wildman–Crippen LogP) is 0.724. The lowest BCUT2D eigenvalue weighted by Gasteiger charge is -2.32. The molecule has 1 aromatic rings. The third-order valence-corrected chi connectivity index (χ3v) is 2.51. The van der Waals surface area contributed by atoms with Crippen LogP contribution in [0, 0.1) is 0 Å². The van der Waals surface area contributed by atoms with E-state index < -0.39 is 6.30 Å². The molecule has 0 saturated carbocycles.